The number of nitrogens with zero attached hydrogens (tertiary/aromatic N) is 1. The van der Waals surface area contributed by atoms with Crippen LogP contribution in [0, 0.1) is 5.92 Å². The summed E-state index contributed by atoms with van der Waals surface area (Å²) >= 11 is 3.31. The zero-order valence-corrected chi connectivity index (χ0v) is 8.43. The molecule has 11 heavy (non-hydrogen) atoms. The number of carbonyl (C=O) groups is 1. The van der Waals surface area contributed by atoms with Crippen molar-refractivity contribution in [3.05, 3.63) is 0 Å². The van der Waals surface area contributed by atoms with E-state index >= 15 is 0 Å². The third-order valence-electron chi connectivity index (χ3n) is 2.01. The van der Waals surface area contributed by atoms with Crippen molar-refractivity contribution in [1.82, 2.24) is 4.90 Å². The number of alkyl halides is 1. The van der Waals surface area contributed by atoms with Crippen LogP contribution in [-0.2, 0) is 4.79 Å². The number of halogens is 1. The number of rotatable bonds is 4. The fourth-order valence-corrected chi connectivity index (χ4v) is 1.51. The van der Waals surface area contributed by atoms with Gasteiger partial charge in [-0.25, -0.2) is 0 Å². The van der Waals surface area contributed by atoms with Crippen LogP contribution in [0.15, 0.2) is 0 Å². The summed E-state index contributed by atoms with van der Waals surface area (Å²) in [5.74, 6) is 1.01. The summed E-state index contributed by atoms with van der Waals surface area (Å²) in [5, 5.41) is 0.875. The van der Waals surface area contributed by atoms with Crippen molar-refractivity contribution in [1.29, 1.82) is 0 Å². The summed E-state index contributed by atoms with van der Waals surface area (Å²) in [7, 11) is 1.87. The maximum Gasteiger partial charge on any atom is 0.222 e. The van der Waals surface area contributed by atoms with Crippen LogP contribution in [0.3, 0.4) is 0 Å². The topological polar surface area (TPSA) is 20.3 Å². The maximum absolute atomic E-state index is 11.3. The molecule has 1 aliphatic carbocycles. The van der Waals surface area contributed by atoms with Crippen molar-refractivity contribution in [2.24, 2.45) is 5.92 Å². The lowest BCUT2D eigenvalue weighted by molar-refractivity contribution is -0.129. The Morgan fingerprint density at radius 1 is 1.64 bits per heavy atom. The molecule has 0 atom stereocenters. The molecule has 1 rings (SSSR count). The number of hydrogen-bond donors (Lipinski definition) is 0. The van der Waals surface area contributed by atoms with Crippen molar-refractivity contribution in [2.45, 2.75) is 19.3 Å². The largest absolute Gasteiger partial charge is 0.345 e. The molecule has 1 fully saturated rings. The lowest BCUT2D eigenvalue weighted by Crippen LogP contribution is -2.28. The summed E-state index contributed by atoms with van der Waals surface area (Å²) in [4.78, 5) is 13.1. The van der Waals surface area contributed by atoms with Gasteiger partial charge in [0.1, 0.15) is 0 Å². The molecule has 1 saturated carbocycles. The van der Waals surface area contributed by atoms with Gasteiger partial charge in [0.15, 0.2) is 0 Å². The first-order chi connectivity index (χ1) is 5.24. The molecule has 64 valence electrons. The lowest BCUT2D eigenvalue weighted by atomic mass is 10.2. The first-order valence-corrected chi connectivity index (χ1v) is 5.16. The van der Waals surface area contributed by atoms with Crippen LogP contribution in [0.25, 0.3) is 0 Å². The molecule has 0 aromatic heterocycles. The number of carbonyl (C=O) groups excluding carboxylic acids is 1. The molecule has 1 amide bonds. The van der Waals surface area contributed by atoms with Gasteiger partial charge in [-0.2, -0.15) is 0 Å². The van der Waals surface area contributed by atoms with Crippen LogP contribution in [0.5, 0.6) is 0 Å². The highest BCUT2D eigenvalue weighted by Gasteiger charge is 2.25. The monoisotopic (exact) mass is 219 g/mol. The molecule has 2 nitrogen and oxygen atoms in total. The summed E-state index contributed by atoms with van der Waals surface area (Å²) in [5.41, 5.74) is 0. The second-order valence-corrected chi connectivity index (χ2v) is 3.94. The average Bonchev–Trinajstić information content (AvgIpc) is 2.72. The van der Waals surface area contributed by atoms with E-state index in [1.807, 2.05) is 7.05 Å². The molecule has 3 heteroatoms. The standard InChI is InChI=1S/C8H14BrNO/c1-10(5-4-9)8(11)6-7-2-3-7/h7H,2-6H2,1H3. The molecule has 0 aromatic rings. The van der Waals surface area contributed by atoms with E-state index in [9.17, 15) is 4.79 Å². The van der Waals surface area contributed by atoms with Gasteiger partial charge in [0, 0.05) is 25.3 Å². The minimum absolute atomic E-state index is 0.298. The van der Waals surface area contributed by atoms with E-state index in [0.29, 0.717) is 11.8 Å². The normalized spacial score (nSPS) is 16.5. The van der Waals surface area contributed by atoms with Gasteiger partial charge >= 0.3 is 0 Å². The Bertz CT molecular complexity index is 145. The van der Waals surface area contributed by atoms with Gasteiger partial charge in [-0.1, -0.05) is 15.9 Å². The number of hydrogen-bond acceptors (Lipinski definition) is 1. The Morgan fingerprint density at radius 2 is 2.27 bits per heavy atom. The first kappa shape index (κ1) is 9.04. The van der Waals surface area contributed by atoms with Crippen molar-refractivity contribution >= 4 is 21.8 Å². The van der Waals surface area contributed by atoms with Gasteiger partial charge < -0.3 is 4.90 Å². The molecule has 0 saturated heterocycles. The van der Waals surface area contributed by atoms with Crippen LogP contribution in [-0.4, -0.2) is 29.7 Å². The fraction of sp³-hybridized carbons (Fsp3) is 0.875. The quantitative estimate of drug-likeness (QED) is 0.659. The van der Waals surface area contributed by atoms with Gasteiger partial charge in [0.05, 0.1) is 0 Å². The third-order valence-corrected chi connectivity index (χ3v) is 2.36. The SMILES string of the molecule is CN(CCBr)C(=O)CC1CC1. The Balaban J connectivity index is 2.15. The van der Waals surface area contributed by atoms with E-state index in [-0.39, 0.29) is 0 Å². The Hall–Kier alpha value is -0.0500. The van der Waals surface area contributed by atoms with Crippen LogP contribution in [0.2, 0.25) is 0 Å². The molecule has 1 aliphatic rings. The second-order valence-electron chi connectivity index (χ2n) is 3.15. The molecule has 0 N–H and O–H groups in total. The molecule has 0 aliphatic heterocycles. The van der Waals surface area contributed by atoms with Gasteiger partial charge in [0.2, 0.25) is 5.91 Å². The summed E-state index contributed by atoms with van der Waals surface area (Å²) in [6.07, 6.45) is 3.28. The molecule has 0 spiro atoms. The van der Waals surface area contributed by atoms with Gasteiger partial charge in [0.25, 0.3) is 0 Å². The van der Waals surface area contributed by atoms with Crippen LogP contribution in [0.1, 0.15) is 19.3 Å². The summed E-state index contributed by atoms with van der Waals surface area (Å²) in [6, 6.07) is 0. The smallest absolute Gasteiger partial charge is 0.222 e. The molecule has 0 bridgehead atoms. The minimum atomic E-state index is 0.298. The van der Waals surface area contributed by atoms with Crippen molar-refractivity contribution < 1.29 is 4.79 Å². The molecular weight excluding hydrogens is 206 g/mol. The zero-order valence-electron chi connectivity index (χ0n) is 6.85. The highest BCUT2D eigenvalue weighted by Crippen LogP contribution is 2.32. The third kappa shape index (κ3) is 3.23. The van der Waals surface area contributed by atoms with E-state index in [4.69, 9.17) is 0 Å². The fourth-order valence-electron chi connectivity index (χ4n) is 0.976. The average molecular weight is 220 g/mol. The number of amides is 1. The zero-order chi connectivity index (χ0) is 8.27. The molecule has 0 radical (unpaired) electrons. The summed E-state index contributed by atoms with van der Waals surface area (Å²) < 4.78 is 0. The van der Waals surface area contributed by atoms with Gasteiger partial charge in [-0.3, -0.25) is 4.79 Å². The maximum atomic E-state index is 11.3. The second kappa shape index (κ2) is 4.10. The van der Waals surface area contributed by atoms with Crippen molar-refractivity contribution in [3.8, 4) is 0 Å². The predicted octanol–water partition coefficient (Wildman–Crippen LogP) is 1.64. The predicted molar refractivity (Wildman–Crippen MR) is 48.8 cm³/mol. The summed E-state index contributed by atoms with van der Waals surface area (Å²) in [6.45, 7) is 0.825. The molecular formula is C8H14BrNO. The van der Waals surface area contributed by atoms with Crippen LogP contribution >= 0.6 is 15.9 Å². The Labute approximate surface area is 76.1 Å². The minimum Gasteiger partial charge on any atom is -0.345 e. The van der Waals surface area contributed by atoms with Gasteiger partial charge in [-0.05, 0) is 18.8 Å². The van der Waals surface area contributed by atoms with Gasteiger partial charge in [-0.15, -0.1) is 0 Å². The first-order valence-electron chi connectivity index (χ1n) is 4.04. The highest BCUT2D eigenvalue weighted by atomic mass is 79.9. The Kier molecular flexibility index (Phi) is 3.37. The molecule has 0 heterocycles. The van der Waals surface area contributed by atoms with Crippen LogP contribution < -0.4 is 0 Å². The molecule has 0 aromatic carbocycles. The van der Waals surface area contributed by atoms with Crippen LogP contribution in [0.4, 0.5) is 0 Å². The molecule has 0 unspecified atom stereocenters. The Morgan fingerprint density at radius 3 is 2.73 bits per heavy atom. The van der Waals surface area contributed by atoms with Crippen molar-refractivity contribution in [2.75, 3.05) is 18.9 Å². The lowest BCUT2D eigenvalue weighted by Gasteiger charge is -2.14. The van der Waals surface area contributed by atoms with E-state index in [1.165, 1.54) is 12.8 Å². The highest BCUT2D eigenvalue weighted by molar-refractivity contribution is 9.09. The van der Waals surface area contributed by atoms with E-state index in [2.05, 4.69) is 15.9 Å². The van der Waals surface area contributed by atoms with E-state index < -0.39 is 0 Å². The van der Waals surface area contributed by atoms with Crippen molar-refractivity contribution in [3.63, 3.8) is 0 Å². The van der Waals surface area contributed by atoms with E-state index in [1.54, 1.807) is 4.90 Å². The van der Waals surface area contributed by atoms with E-state index in [0.717, 1.165) is 18.3 Å².